The molecule has 10 heteroatoms. The molecular formula is C23H23FN4O3S2. The number of nitrogens with one attached hydrogen (secondary N) is 1. The summed E-state index contributed by atoms with van der Waals surface area (Å²) in [6, 6.07) is 12.9. The Hall–Kier alpha value is -3.11. The van der Waals surface area contributed by atoms with Crippen molar-refractivity contribution in [3.8, 4) is 0 Å². The summed E-state index contributed by atoms with van der Waals surface area (Å²) < 4.78 is 19.6. The van der Waals surface area contributed by atoms with Crippen LogP contribution in [0.4, 0.5) is 10.1 Å². The monoisotopic (exact) mass is 486 g/mol. The minimum Gasteiger partial charge on any atom is -0.465 e. The Balaban J connectivity index is 1.53. The summed E-state index contributed by atoms with van der Waals surface area (Å²) in [5, 5.41) is 11.9. The van der Waals surface area contributed by atoms with Crippen molar-refractivity contribution >= 4 is 41.1 Å². The molecule has 0 saturated heterocycles. The van der Waals surface area contributed by atoms with Crippen LogP contribution in [-0.2, 0) is 27.6 Å². The predicted molar refractivity (Wildman–Crippen MR) is 129 cm³/mol. The van der Waals surface area contributed by atoms with E-state index in [0.717, 1.165) is 17.1 Å². The number of rotatable bonds is 11. The fourth-order valence-corrected chi connectivity index (χ4v) is 4.51. The molecule has 3 aromatic rings. The number of thioether (sulfide) groups is 2. The van der Waals surface area contributed by atoms with Gasteiger partial charge in [0.05, 0.1) is 24.2 Å². The Bertz CT molecular complexity index is 1100. The molecule has 0 unspecified atom stereocenters. The Morgan fingerprint density at radius 1 is 1.12 bits per heavy atom. The summed E-state index contributed by atoms with van der Waals surface area (Å²) in [7, 11) is 1.32. The molecule has 0 atom stereocenters. The number of halogens is 1. The zero-order chi connectivity index (χ0) is 23.6. The summed E-state index contributed by atoms with van der Waals surface area (Å²) in [5.41, 5.74) is 2.02. The third-order valence-corrected chi connectivity index (χ3v) is 6.41. The van der Waals surface area contributed by atoms with E-state index in [-0.39, 0.29) is 17.5 Å². The molecule has 0 saturated carbocycles. The first-order chi connectivity index (χ1) is 16.0. The van der Waals surface area contributed by atoms with Crippen LogP contribution in [0.1, 0.15) is 21.7 Å². The molecule has 1 aromatic heterocycles. The van der Waals surface area contributed by atoms with Crippen LogP contribution < -0.4 is 5.32 Å². The van der Waals surface area contributed by atoms with Crippen LogP contribution in [0.2, 0.25) is 0 Å². The predicted octanol–water partition coefficient (Wildman–Crippen LogP) is 4.55. The molecule has 1 N–H and O–H groups in total. The molecule has 0 radical (unpaired) electrons. The van der Waals surface area contributed by atoms with Gasteiger partial charge in [-0.25, -0.2) is 9.18 Å². The Morgan fingerprint density at radius 3 is 2.52 bits per heavy atom. The lowest BCUT2D eigenvalue weighted by Gasteiger charge is -2.08. The minimum absolute atomic E-state index is 0.150. The first-order valence-electron chi connectivity index (χ1n) is 9.96. The number of aromatic nitrogens is 3. The standard InChI is InChI=1S/C23H23FN4O3S2/c1-3-12-28-20(14-32-13-16-4-8-18(24)9-5-16)26-27-23(28)33-15-21(29)25-19-10-6-17(7-11-19)22(30)31-2/h3-11H,1,12-15H2,2H3,(H,25,29). The van der Waals surface area contributed by atoms with Gasteiger partial charge in [0.25, 0.3) is 0 Å². The maximum Gasteiger partial charge on any atom is 0.337 e. The highest BCUT2D eigenvalue weighted by molar-refractivity contribution is 7.99. The second-order valence-electron chi connectivity index (χ2n) is 6.82. The number of carbonyl (C=O) groups is 2. The summed E-state index contributed by atoms with van der Waals surface area (Å²) >= 11 is 2.93. The maximum atomic E-state index is 13.0. The van der Waals surface area contributed by atoms with Crippen LogP contribution in [0.3, 0.4) is 0 Å². The van der Waals surface area contributed by atoms with Crippen LogP contribution in [0.25, 0.3) is 0 Å². The minimum atomic E-state index is -0.434. The molecular weight excluding hydrogens is 463 g/mol. The lowest BCUT2D eigenvalue weighted by molar-refractivity contribution is -0.113. The van der Waals surface area contributed by atoms with Crippen molar-refractivity contribution in [1.82, 2.24) is 14.8 Å². The van der Waals surface area contributed by atoms with Gasteiger partial charge in [-0.15, -0.1) is 28.5 Å². The van der Waals surface area contributed by atoms with Crippen LogP contribution in [0.5, 0.6) is 0 Å². The fraction of sp³-hybridized carbons (Fsp3) is 0.217. The average molecular weight is 487 g/mol. The van der Waals surface area contributed by atoms with Crippen LogP contribution in [0.15, 0.2) is 66.3 Å². The van der Waals surface area contributed by atoms with Crippen molar-refractivity contribution in [3.05, 3.63) is 84.0 Å². The molecule has 2 aromatic carbocycles. The van der Waals surface area contributed by atoms with Gasteiger partial charge in [-0.1, -0.05) is 30.0 Å². The van der Waals surface area contributed by atoms with E-state index in [1.165, 1.54) is 31.0 Å². The first kappa shape index (κ1) is 24.5. The van der Waals surface area contributed by atoms with E-state index in [9.17, 15) is 14.0 Å². The Labute approximate surface area is 199 Å². The van der Waals surface area contributed by atoms with E-state index >= 15 is 0 Å². The summed E-state index contributed by atoms with van der Waals surface area (Å²) in [5.74, 6) is 1.39. The zero-order valence-corrected chi connectivity index (χ0v) is 19.6. The first-order valence-corrected chi connectivity index (χ1v) is 12.1. The molecule has 0 fully saturated rings. The molecule has 1 amide bonds. The maximum absolute atomic E-state index is 13.0. The number of nitrogens with zero attached hydrogens (tertiary/aromatic N) is 3. The number of allylic oxidation sites excluding steroid dienone is 1. The number of amides is 1. The smallest absolute Gasteiger partial charge is 0.337 e. The third kappa shape index (κ3) is 7.19. The number of esters is 1. The number of methoxy groups -OCH3 is 1. The van der Waals surface area contributed by atoms with E-state index in [2.05, 4.69) is 26.8 Å². The largest absolute Gasteiger partial charge is 0.465 e. The van der Waals surface area contributed by atoms with E-state index < -0.39 is 5.97 Å². The molecule has 0 aliphatic heterocycles. The number of benzene rings is 2. The van der Waals surface area contributed by atoms with Gasteiger partial charge >= 0.3 is 5.97 Å². The van der Waals surface area contributed by atoms with Crippen LogP contribution >= 0.6 is 23.5 Å². The molecule has 0 bridgehead atoms. The van der Waals surface area contributed by atoms with Gasteiger partial charge in [-0.3, -0.25) is 4.79 Å². The lowest BCUT2D eigenvalue weighted by Crippen LogP contribution is -2.15. The van der Waals surface area contributed by atoms with Gasteiger partial charge in [0.2, 0.25) is 5.91 Å². The molecule has 33 heavy (non-hydrogen) atoms. The molecule has 0 spiro atoms. The highest BCUT2D eigenvalue weighted by Crippen LogP contribution is 2.22. The fourth-order valence-electron chi connectivity index (χ4n) is 2.82. The van der Waals surface area contributed by atoms with E-state index in [1.807, 2.05) is 4.57 Å². The molecule has 7 nitrogen and oxygen atoms in total. The van der Waals surface area contributed by atoms with Gasteiger partial charge in [0, 0.05) is 18.0 Å². The second kappa shape index (κ2) is 12.2. The summed E-state index contributed by atoms with van der Waals surface area (Å²) in [6.07, 6.45) is 1.75. The topological polar surface area (TPSA) is 86.1 Å². The second-order valence-corrected chi connectivity index (χ2v) is 8.75. The van der Waals surface area contributed by atoms with Gasteiger partial charge in [-0.05, 0) is 42.0 Å². The Kier molecular flexibility index (Phi) is 9.08. The number of hydrogen-bond donors (Lipinski definition) is 1. The van der Waals surface area contributed by atoms with E-state index in [0.29, 0.717) is 28.7 Å². The highest BCUT2D eigenvalue weighted by Gasteiger charge is 2.14. The number of carbonyl (C=O) groups excluding carboxylic acids is 2. The highest BCUT2D eigenvalue weighted by atomic mass is 32.2. The molecule has 1 heterocycles. The van der Waals surface area contributed by atoms with Gasteiger partial charge in [0.1, 0.15) is 11.6 Å². The summed E-state index contributed by atoms with van der Waals surface area (Å²) in [4.78, 5) is 23.9. The summed E-state index contributed by atoms with van der Waals surface area (Å²) in [6.45, 7) is 4.32. The van der Waals surface area contributed by atoms with Crippen molar-refractivity contribution in [1.29, 1.82) is 0 Å². The van der Waals surface area contributed by atoms with E-state index in [4.69, 9.17) is 0 Å². The van der Waals surface area contributed by atoms with Gasteiger partial charge in [0.15, 0.2) is 5.16 Å². The average Bonchev–Trinajstić information content (AvgIpc) is 3.20. The van der Waals surface area contributed by atoms with Crippen molar-refractivity contribution in [2.45, 2.75) is 23.2 Å². The van der Waals surface area contributed by atoms with Crippen molar-refractivity contribution in [2.75, 3.05) is 18.2 Å². The third-order valence-electron chi connectivity index (χ3n) is 4.44. The molecule has 0 aliphatic carbocycles. The quantitative estimate of drug-likeness (QED) is 0.242. The van der Waals surface area contributed by atoms with Crippen LogP contribution in [-0.4, -0.2) is 39.5 Å². The van der Waals surface area contributed by atoms with Crippen molar-refractivity contribution < 1.29 is 18.7 Å². The van der Waals surface area contributed by atoms with E-state index in [1.54, 1.807) is 54.2 Å². The Morgan fingerprint density at radius 2 is 1.85 bits per heavy atom. The lowest BCUT2D eigenvalue weighted by atomic mass is 10.2. The van der Waals surface area contributed by atoms with Gasteiger partial charge in [-0.2, -0.15) is 0 Å². The number of ether oxygens (including phenoxy) is 1. The van der Waals surface area contributed by atoms with Crippen molar-refractivity contribution in [3.63, 3.8) is 0 Å². The normalized spacial score (nSPS) is 10.6. The molecule has 3 rings (SSSR count). The van der Waals surface area contributed by atoms with Gasteiger partial charge < -0.3 is 14.6 Å². The van der Waals surface area contributed by atoms with Crippen LogP contribution in [0, 0.1) is 5.82 Å². The molecule has 172 valence electrons. The number of hydrogen-bond acceptors (Lipinski definition) is 7. The number of anilines is 1. The zero-order valence-electron chi connectivity index (χ0n) is 18.0. The SMILES string of the molecule is C=CCn1c(CSCc2ccc(F)cc2)nnc1SCC(=O)Nc1ccc(C(=O)OC)cc1. The van der Waals surface area contributed by atoms with Crippen molar-refractivity contribution in [2.24, 2.45) is 0 Å². The molecule has 0 aliphatic rings.